The minimum Gasteiger partial charge on any atom is -0.481 e. The van der Waals surface area contributed by atoms with Gasteiger partial charge in [-0.25, -0.2) is 0 Å². The summed E-state index contributed by atoms with van der Waals surface area (Å²) in [5.74, 6) is -0.831. The van der Waals surface area contributed by atoms with Gasteiger partial charge in [-0.15, -0.1) is 0 Å². The lowest BCUT2D eigenvalue weighted by atomic mass is 9.46. The third kappa shape index (κ3) is 6.87. The van der Waals surface area contributed by atoms with Gasteiger partial charge in [0.2, 0.25) is 0 Å². The maximum Gasteiger partial charge on any atom is 0.306 e. The van der Waals surface area contributed by atoms with Crippen molar-refractivity contribution in [3.63, 3.8) is 0 Å². The number of carboxylic acids is 2. The lowest BCUT2D eigenvalue weighted by Crippen LogP contribution is -2.56. The second kappa shape index (κ2) is 13.1. The molecule has 0 aromatic heterocycles. The van der Waals surface area contributed by atoms with Gasteiger partial charge in [0, 0.05) is 12.3 Å². The van der Waals surface area contributed by atoms with E-state index in [1.165, 1.54) is 35.1 Å². The zero-order valence-electron chi connectivity index (χ0n) is 26.9. The van der Waals surface area contributed by atoms with Crippen LogP contribution in [0.15, 0.2) is 34.9 Å². The van der Waals surface area contributed by atoms with Gasteiger partial charge in [-0.2, -0.15) is 0 Å². The summed E-state index contributed by atoms with van der Waals surface area (Å²) in [5.41, 5.74) is 5.18. The van der Waals surface area contributed by atoms with Gasteiger partial charge in [0.25, 0.3) is 5.97 Å². The third-order valence-corrected chi connectivity index (χ3v) is 11.1. The quantitative estimate of drug-likeness (QED) is 0.189. The lowest BCUT2D eigenvalue weighted by Gasteiger charge is -2.60. The first kappa shape index (κ1) is 34.1. The molecule has 0 radical (unpaired) electrons. The molecule has 0 aliphatic heterocycles. The van der Waals surface area contributed by atoms with E-state index < -0.39 is 24.0 Å². The van der Waals surface area contributed by atoms with Crippen molar-refractivity contribution >= 4 is 17.9 Å². The monoisotopic (exact) mass is 586 g/mol. The molecule has 3 N–H and O–H groups in total. The number of fused-ring (bicyclic) bond motifs is 4. The molecule has 0 amide bonds. The molecule has 1 fully saturated rings. The van der Waals surface area contributed by atoms with Crippen LogP contribution in [0.1, 0.15) is 119 Å². The Balaban J connectivity index is 0.00000114. The van der Waals surface area contributed by atoms with Crippen LogP contribution in [0.2, 0.25) is 0 Å². The zero-order chi connectivity index (χ0) is 31.6. The molecular formula is C35H54O7. The Morgan fingerprint density at radius 1 is 1.05 bits per heavy atom. The molecule has 0 aromatic carbocycles. The van der Waals surface area contributed by atoms with E-state index in [4.69, 9.17) is 19.7 Å². The molecule has 3 unspecified atom stereocenters. The summed E-state index contributed by atoms with van der Waals surface area (Å²) < 4.78 is 5.88. The van der Waals surface area contributed by atoms with Crippen LogP contribution in [-0.2, 0) is 19.1 Å². The first-order chi connectivity index (χ1) is 19.4. The standard InChI is InChI=1S/C33H50O5.C2H4O2/c1-20(2)21(3)9-8-10-22-11-13-24-23-12-14-26-31(4,5)27(38-29(37)16-15-28(35)36)17-18-32(26,6)30(23)25(34)19-33(22,24)7;1-2(3)4/h13,20,22,25-27,34H,3,8-12,14-19H2,1-2,4-7H3,(H,35,36);1H3,(H,3,4)/t22-,25-,26?,27-,32?,33?;/m0./s1. The summed E-state index contributed by atoms with van der Waals surface area (Å²) in [6.07, 6.45) is 10.5. The van der Waals surface area contributed by atoms with Crippen molar-refractivity contribution in [2.45, 2.75) is 131 Å². The Morgan fingerprint density at radius 2 is 1.69 bits per heavy atom. The smallest absolute Gasteiger partial charge is 0.306 e. The summed E-state index contributed by atoms with van der Waals surface area (Å²) in [6, 6.07) is 0. The SMILES string of the molecule is C=C(CCC[C@H]1CC=C2C3=C([C@@H](O)CC21C)C1(C)CC[C@H](OC(=O)CCC(=O)O)C(C)(C)C1CC3)C(C)C.CC(=O)O. The number of ether oxygens (including phenoxy) is 1. The fraction of sp³-hybridized carbons (Fsp3) is 0.743. The number of hydrogen-bond donors (Lipinski definition) is 3. The van der Waals surface area contributed by atoms with Gasteiger partial charge in [0.05, 0.1) is 18.9 Å². The molecule has 0 spiro atoms. The van der Waals surface area contributed by atoms with Crippen LogP contribution in [0.5, 0.6) is 0 Å². The molecule has 6 atom stereocenters. The van der Waals surface area contributed by atoms with Gasteiger partial charge >= 0.3 is 11.9 Å². The molecule has 1 saturated carbocycles. The Kier molecular flexibility index (Phi) is 10.6. The van der Waals surface area contributed by atoms with Crippen molar-refractivity contribution < 1.29 is 34.4 Å². The minimum atomic E-state index is -0.980. The van der Waals surface area contributed by atoms with Gasteiger partial charge in [-0.1, -0.05) is 59.8 Å². The number of allylic oxidation sites excluding steroid dienone is 4. The van der Waals surface area contributed by atoms with E-state index in [1.807, 2.05) is 0 Å². The van der Waals surface area contributed by atoms with Gasteiger partial charge in [0.1, 0.15) is 6.10 Å². The fourth-order valence-electron chi connectivity index (χ4n) is 8.82. The van der Waals surface area contributed by atoms with Crippen LogP contribution in [0.3, 0.4) is 0 Å². The summed E-state index contributed by atoms with van der Waals surface area (Å²) in [4.78, 5) is 32.3. The largest absolute Gasteiger partial charge is 0.481 e. The van der Waals surface area contributed by atoms with E-state index in [0.29, 0.717) is 17.8 Å². The average molecular weight is 587 g/mol. The first-order valence-electron chi connectivity index (χ1n) is 15.9. The molecule has 0 aromatic rings. The van der Waals surface area contributed by atoms with Crippen molar-refractivity contribution in [3.05, 3.63) is 34.9 Å². The summed E-state index contributed by atoms with van der Waals surface area (Å²) in [5, 5.41) is 28.1. The van der Waals surface area contributed by atoms with Gasteiger partial charge in [0.15, 0.2) is 0 Å². The molecule has 4 rings (SSSR count). The molecule has 42 heavy (non-hydrogen) atoms. The number of hydrogen-bond acceptors (Lipinski definition) is 5. The molecule has 4 aliphatic rings. The predicted molar refractivity (Wildman–Crippen MR) is 164 cm³/mol. The Bertz CT molecular complexity index is 1120. The highest BCUT2D eigenvalue weighted by Gasteiger charge is 2.60. The number of carbonyl (C=O) groups is 3. The van der Waals surface area contributed by atoms with Gasteiger partial charge in [-0.05, 0) is 103 Å². The van der Waals surface area contributed by atoms with Crippen molar-refractivity contribution in [2.75, 3.05) is 0 Å². The molecular weight excluding hydrogens is 532 g/mol. The number of carboxylic acid groups (broad SMARTS) is 2. The second-order valence-electron chi connectivity index (χ2n) is 14.5. The maximum absolute atomic E-state index is 12.4. The Hall–Kier alpha value is -2.41. The molecule has 7 nitrogen and oxygen atoms in total. The number of esters is 1. The average Bonchev–Trinajstić information content (AvgIpc) is 3.19. The van der Waals surface area contributed by atoms with Crippen LogP contribution in [0.4, 0.5) is 0 Å². The highest BCUT2D eigenvalue weighted by Crippen LogP contribution is 2.66. The third-order valence-electron chi connectivity index (χ3n) is 11.1. The molecule has 7 heteroatoms. The molecule has 0 saturated heterocycles. The number of rotatable bonds is 9. The molecule has 4 aliphatic carbocycles. The number of aliphatic carboxylic acids is 2. The molecule has 236 valence electrons. The summed E-state index contributed by atoms with van der Waals surface area (Å²) >= 11 is 0. The normalized spacial score (nSPS) is 32.9. The number of aliphatic hydroxyl groups is 1. The van der Waals surface area contributed by atoms with Crippen molar-refractivity contribution in [1.82, 2.24) is 0 Å². The van der Waals surface area contributed by atoms with E-state index in [2.05, 4.69) is 54.2 Å². The fourth-order valence-corrected chi connectivity index (χ4v) is 8.82. The van der Waals surface area contributed by atoms with Crippen LogP contribution < -0.4 is 0 Å². The first-order valence-corrected chi connectivity index (χ1v) is 15.9. The van der Waals surface area contributed by atoms with E-state index in [9.17, 15) is 14.7 Å². The Labute approximate surface area is 252 Å². The molecule has 0 bridgehead atoms. The van der Waals surface area contributed by atoms with E-state index >= 15 is 0 Å². The van der Waals surface area contributed by atoms with Gasteiger partial charge < -0.3 is 20.1 Å². The highest BCUT2D eigenvalue weighted by atomic mass is 16.5. The van der Waals surface area contributed by atoms with Gasteiger partial charge in [-0.3, -0.25) is 14.4 Å². The van der Waals surface area contributed by atoms with E-state index in [1.54, 1.807) is 0 Å². The Morgan fingerprint density at radius 3 is 2.29 bits per heavy atom. The maximum atomic E-state index is 12.4. The van der Waals surface area contributed by atoms with Crippen LogP contribution in [-0.4, -0.2) is 45.4 Å². The van der Waals surface area contributed by atoms with Crippen molar-refractivity contribution in [2.24, 2.45) is 34.0 Å². The minimum absolute atomic E-state index is 0.0347. The van der Waals surface area contributed by atoms with E-state index in [0.717, 1.165) is 51.9 Å². The van der Waals surface area contributed by atoms with Crippen LogP contribution in [0.25, 0.3) is 0 Å². The van der Waals surface area contributed by atoms with Crippen molar-refractivity contribution in [1.29, 1.82) is 0 Å². The van der Waals surface area contributed by atoms with Crippen LogP contribution >= 0.6 is 0 Å². The summed E-state index contributed by atoms with van der Waals surface area (Å²) in [7, 11) is 0. The van der Waals surface area contributed by atoms with E-state index in [-0.39, 0.29) is 35.2 Å². The number of carbonyl (C=O) groups excluding carboxylic acids is 1. The van der Waals surface area contributed by atoms with Crippen molar-refractivity contribution in [3.8, 4) is 0 Å². The molecule has 0 heterocycles. The topological polar surface area (TPSA) is 121 Å². The zero-order valence-corrected chi connectivity index (χ0v) is 26.9. The predicted octanol–water partition coefficient (Wildman–Crippen LogP) is 7.49. The number of aliphatic hydroxyl groups excluding tert-OH is 1. The highest BCUT2D eigenvalue weighted by molar-refractivity contribution is 5.76. The van der Waals surface area contributed by atoms with Crippen LogP contribution in [0, 0.1) is 34.0 Å². The lowest BCUT2D eigenvalue weighted by molar-refractivity contribution is -0.171. The second-order valence-corrected chi connectivity index (χ2v) is 14.5. The summed E-state index contributed by atoms with van der Waals surface area (Å²) in [6.45, 7) is 18.9.